The number of carbonyl (C=O) groups excluding carboxylic acids is 1. The van der Waals surface area contributed by atoms with Crippen LogP contribution >= 0.6 is 0 Å². The minimum atomic E-state index is -1.13. The number of amides is 1. The highest BCUT2D eigenvalue weighted by Gasteiger charge is 2.69. The molecule has 1 N–H and O–H groups in total. The quantitative estimate of drug-likeness (QED) is 0.664. The summed E-state index contributed by atoms with van der Waals surface area (Å²) in [4.78, 5) is 13.3. The van der Waals surface area contributed by atoms with Gasteiger partial charge in [-0.15, -0.1) is 0 Å². The normalized spacial score (nSPS) is 30.0. The first-order valence-electron chi connectivity index (χ1n) is 11.5. The van der Waals surface area contributed by atoms with Gasteiger partial charge in [0, 0.05) is 12.0 Å². The van der Waals surface area contributed by atoms with Gasteiger partial charge in [-0.2, -0.15) is 10.5 Å². The molecule has 160 valence electrons. The van der Waals surface area contributed by atoms with Crippen LogP contribution in [-0.2, 0) is 10.2 Å². The van der Waals surface area contributed by atoms with E-state index < -0.39 is 11.3 Å². The Hall–Kier alpha value is -2.33. The van der Waals surface area contributed by atoms with Crippen molar-refractivity contribution in [1.29, 1.82) is 10.5 Å². The number of hydrogen-bond acceptors (Lipinski definition) is 3. The maximum absolute atomic E-state index is 13.3. The first-order valence-corrected chi connectivity index (χ1v) is 11.5. The van der Waals surface area contributed by atoms with Gasteiger partial charge < -0.3 is 5.32 Å². The topological polar surface area (TPSA) is 76.7 Å². The van der Waals surface area contributed by atoms with Crippen molar-refractivity contribution in [3.05, 3.63) is 35.9 Å². The Labute approximate surface area is 181 Å². The van der Waals surface area contributed by atoms with Crippen LogP contribution in [0.25, 0.3) is 0 Å². The van der Waals surface area contributed by atoms with Crippen LogP contribution in [0.4, 0.5) is 0 Å². The van der Waals surface area contributed by atoms with Crippen molar-refractivity contribution in [2.24, 2.45) is 29.1 Å². The molecule has 3 rings (SSSR count). The second-order valence-corrected chi connectivity index (χ2v) is 10.0. The summed E-state index contributed by atoms with van der Waals surface area (Å²) in [6.07, 6.45) is 5.91. The van der Waals surface area contributed by atoms with Crippen LogP contribution < -0.4 is 5.32 Å². The van der Waals surface area contributed by atoms with Crippen molar-refractivity contribution in [2.75, 3.05) is 0 Å². The Morgan fingerprint density at radius 3 is 2.47 bits per heavy atom. The predicted molar refractivity (Wildman–Crippen MR) is 118 cm³/mol. The largest absolute Gasteiger partial charge is 0.353 e. The second-order valence-electron chi connectivity index (χ2n) is 10.0. The lowest BCUT2D eigenvalue weighted by atomic mass is 9.63. The molecule has 0 unspecified atom stereocenters. The number of carbonyl (C=O) groups is 1. The van der Waals surface area contributed by atoms with E-state index in [4.69, 9.17) is 0 Å². The number of rotatable bonds is 7. The third-order valence-corrected chi connectivity index (χ3v) is 7.77. The molecule has 30 heavy (non-hydrogen) atoms. The maximum atomic E-state index is 13.3. The number of nitrogens with zero attached hydrogens (tertiary/aromatic N) is 2. The summed E-state index contributed by atoms with van der Waals surface area (Å²) in [5.41, 5.74) is 0.0928. The molecule has 0 spiro atoms. The predicted octanol–water partition coefficient (Wildman–Crippen LogP) is 5.35. The van der Waals surface area contributed by atoms with E-state index in [9.17, 15) is 15.3 Å². The molecular weight excluding hydrogens is 370 g/mol. The third-order valence-electron chi connectivity index (χ3n) is 7.77. The lowest BCUT2D eigenvalue weighted by molar-refractivity contribution is -0.124. The lowest BCUT2D eigenvalue weighted by Crippen LogP contribution is -2.51. The number of hydrogen-bond donors (Lipinski definition) is 1. The standard InChI is InChI=1S/C26H35N3O/c1-5-6-12-21-23(26(21,16-27)17-28)24(30)29-22-15-18(2)13-14-20(22)25(3,4)19-10-8-7-9-11-19/h7-11,18,20-23H,5-6,12-15H2,1-4H3,(H,29,30)/t18-,20-,21+,22-,23-/m1/s1. The first kappa shape index (κ1) is 22.4. The molecule has 2 saturated carbocycles. The van der Waals surface area contributed by atoms with Gasteiger partial charge in [0.05, 0.1) is 18.1 Å². The van der Waals surface area contributed by atoms with Gasteiger partial charge in [-0.25, -0.2) is 0 Å². The van der Waals surface area contributed by atoms with Crippen LogP contribution in [0.5, 0.6) is 0 Å². The fraction of sp³-hybridized carbons (Fsp3) is 0.654. The fourth-order valence-electron chi connectivity index (χ4n) is 5.76. The molecule has 0 heterocycles. The molecular formula is C26H35N3O. The molecule has 0 aliphatic heterocycles. The minimum absolute atomic E-state index is 0.0634. The lowest BCUT2D eigenvalue weighted by Gasteiger charge is -2.45. The van der Waals surface area contributed by atoms with Crippen molar-refractivity contribution in [3.8, 4) is 12.1 Å². The second kappa shape index (κ2) is 8.81. The van der Waals surface area contributed by atoms with Crippen LogP contribution in [0.3, 0.4) is 0 Å². The van der Waals surface area contributed by atoms with Gasteiger partial charge >= 0.3 is 0 Å². The Morgan fingerprint density at radius 1 is 1.20 bits per heavy atom. The van der Waals surface area contributed by atoms with E-state index in [0.29, 0.717) is 11.8 Å². The van der Waals surface area contributed by atoms with Crippen LogP contribution in [0.15, 0.2) is 30.3 Å². The highest BCUT2D eigenvalue weighted by Crippen LogP contribution is 2.60. The molecule has 2 aliphatic carbocycles. The van der Waals surface area contributed by atoms with E-state index in [-0.39, 0.29) is 23.3 Å². The van der Waals surface area contributed by atoms with Gasteiger partial charge in [0.1, 0.15) is 0 Å². The Balaban J connectivity index is 1.80. The van der Waals surface area contributed by atoms with E-state index in [1.807, 2.05) is 6.07 Å². The molecule has 2 fully saturated rings. The van der Waals surface area contributed by atoms with Crippen LogP contribution in [0, 0.1) is 51.7 Å². The smallest absolute Gasteiger partial charge is 0.226 e. The molecule has 1 amide bonds. The number of nitriles is 2. The van der Waals surface area contributed by atoms with Crippen LogP contribution in [0.2, 0.25) is 0 Å². The number of nitrogens with one attached hydrogen (secondary N) is 1. The van der Waals surface area contributed by atoms with Gasteiger partial charge in [-0.05, 0) is 42.1 Å². The summed E-state index contributed by atoms with van der Waals surface area (Å²) in [5, 5.41) is 22.7. The average Bonchev–Trinajstić information content (AvgIpc) is 3.40. The van der Waals surface area contributed by atoms with E-state index in [2.05, 4.69) is 69.4 Å². The van der Waals surface area contributed by atoms with Crippen molar-refractivity contribution in [1.82, 2.24) is 5.32 Å². The summed E-state index contributed by atoms with van der Waals surface area (Å²) < 4.78 is 0. The molecule has 5 atom stereocenters. The highest BCUT2D eigenvalue weighted by atomic mass is 16.2. The molecule has 2 aliphatic rings. The summed E-state index contributed by atoms with van der Waals surface area (Å²) in [6.45, 7) is 8.90. The zero-order valence-corrected chi connectivity index (χ0v) is 18.8. The van der Waals surface area contributed by atoms with Crippen molar-refractivity contribution < 1.29 is 4.79 Å². The molecule has 0 aromatic heterocycles. The SMILES string of the molecule is CCCC[C@H]1[C@H](C(=O)N[C@@H]2C[C@H](C)CC[C@H]2C(C)(C)c2ccccc2)C1(C#N)C#N. The van der Waals surface area contributed by atoms with Crippen molar-refractivity contribution in [3.63, 3.8) is 0 Å². The van der Waals surface area contributed by atoms with Crippen molar-refractivity contribution >= 4 is 5.91 Å². The van der Waals surface area contributed by atoms with Gasteiger partial charge in [0.2, 0.25) is 5.91 Å². The van der Waals surface area contributed by atoms with E-state index >= 15 is 0 Å². The number of unbranched alkanes of at least 4 members (excludes halogenated alkanes) is 1. The van der Waals surface area contributed by atoms with Gasteiger partial charge in [-0.3, -0.25) is 4.79 Å². The maximum Gasteiger partial charge on any atom is 0.226 e. The Bertz CT molecular complexity index is 818. The Kier molecular flexibility index (Phi) is 6.56. The van der Waals surface area contributed by atoms with Crippen molar-refractivity contribution in [2.45, 2.75) is 77.7 Å². The van der Waals surface area contributed by atoms with Gasteiger partial charge in [-0.1, -0.05) is 77.3 Å². The number of benzene rings is 1. The summed E-state index contributed by atoms with van der Waals surface area (Å²) in [6, 6.07) is 15.0. The minimum Gasteiger partial charge on any atom is -0.353 e. The molecule has 1 aromatic rings. The first-order chi connectivity index (χ1) is 14.3. The summed E-state index contributed by atoms with van der Waals surface area (Å²) in [7, 11) is 0. The molecule has 0 radical (unpaired) electrons. The van der Waals surface area contributed by atoms with E-state index in [1.165, 1.54) is 5.56 Å². The molecule has 0 bridgehead atoms. The monoisotopic (exact) mass is 405 g/mol. The van der Waals surface area contributed by atoms with Crippen LogP contribution in [0.1, 0.15) is 71.8 Å². The average molecular weight is 406 g/mol. The van der Waals surface area contributed by atoms with Gasteiger partial charge in [0.25, 0.3) is 0 Å². The molecule has 0 saturated heterocycles. The molecule has 4 nitrogen and oxygen atoms in total. The van der Waals surface area contributed by atoms with Gasteiger partial charge in [0.15, 0.2) is 5.41 Å². The summed E-state index contributed by atoms with van der Waals surface area (Å²) in [5.74, 6) is 0.175. The zero-order chi connectivity index (χ0) is 21.9. The zero-order valence-electron chi connectivity index (χ0n) is 18.8. The highest BCUT2D eigenvalue weighted by molar-refractivity contribution is 5.85. The fourth-order valence-corrected chi connectivity index (χ4v) is 5.76. The van der Waals surface area contributed by atoms with E-state index in [0.717, 1.165) is 38.5 Å². The summed E-state index contributed by atoms with van der Waals surface area (Å²) >= 11 is 0. The molecule has 4 heteroatoms. The van der Waals surface area contributed by atoms with E-state index in [1.54, 1.807) is 0 Å². The van der Waals surface area contributed by atoms with Crippen LogP contribution in [-0.4, -0.2) is 11.9 Å². The molecule has 1 aromatic carbocycles. The Morgan fingerprint density at radius 2 is 1.87 bits per heavy atom. The third kappa shape index (κ3) is 3.98.